The molecule has 1 aromatic rings. The van der Waals surface area contributed by atoms with Crippen LogP contribution in [0.3, 0.4) is 0 Å². The highest BCUT2D eigenvalue weighted by atomic mass is 16.5. The van der Waals surface area contributed by atoms with Crippen LogP contribution in [0.1, 0.15) is 18.0 Å². The molecule has 1 saturated heterocycles. The van der Waals surface area contributed by atoms with Crippen LogP contribution in [-0.4, -0.2) is 30.0 Å². The molecule has 4 nitrogen and oxygen atoms in total. The van der Waals surface area contributed by atoms with E-state index >= 15 is 0 Å². The number of rotatable bonds is 2. The zero-order chi connectivity index (χ0) is 10.8. The Morgan fingerprint density at radius 3 is 2.87 bits per heavy atom. The Morgan fingerprint density at radius 1 is 1.47 bits per heavy atom. The SMILES string of the molecule is COc1cc([C@H]2NCC[C@@H]2O)ccc1O. The summed E-state index contributed by atoms with van der Waals surface area (Å²) in [5.74, 6) is 0.558. The van der Waals surface area contributed by atoms with E-state index in [1.54, 1.807) is 18.2 Å². The average Bonchev–Trinajstić information content (AvgIpc) is 2.65. The Morgan fingerprint density at radius 2 is 2.27 bits per heavy atom. The van der Waals surface area contributed by atoms with Crippen molar-refractivity contribution in [3.05, 3.63) is 23.8 Å². The summed E-state index contributed by atoms with van der Waals surface area (Å²) in [5, 5.41) is 22.4. The Bertz CT molecular complexity index is 354. The third kappa shape index (κ3) is 1.91. The molecule has 0 amide bonds. The number of aliphatic hydroxyl groups excluding tert-OH is 1. The molecule has 0 aromatic heterocycles. The first-order chi connectivity index (χ1) is 7.22. The van der Waals surface area contributed by atoms with E-state index in [1.165, 1.54) is 7.11 Å². The van der Waals surface area contributed by atoms with Crippen molar-refractivity contribution in [1.29, 1.82) is 0 Å². The van der Waals surface area contributed by atoms with E-state index in [0.717, 1.165) is 18.5 Å². The van der Waals surface area contributed by atoms with Gasteiger partial charge >= 0.3 is 0 Å². The molecule has 1 aromatic carbocycles. The Kier molecular flexibility index (Phi) is 2.79. The monoisotopic (exact) mass is 209 g/mol. The summed E-state index contributed by atoms with van der Waals surface area (Å²) < 4.78 is 5.02. The normalized spacial score (nSPS) is 25.5. The fourth-order valence-corrected chi connectivity index (χ4v) is 1.92. The standard InChI is InChI=1S/C11H15NO3/c1-15-10-6-7(2-3-8(10)13)11-9(14)4-5-12-11/h2-3,6,9,11-14H,4-5H2,1H3/t9-,11+/m0/s1. The molecule has 0 spiro atoms. The predicted octanol–water partition coefficient (Wildman–Crippen LogP) is 0.796. The van der Waals surface area contributed by atoms with E-state index in [0.29, 0.717) is 5.75 Å². The molecule has 1 aliphatic rings. The van der Waals surface area contributed by atoms with Crippen LogP contribution in [-0.2, 0) is 0 Å². The number of methoxy groups -OCH3 is 1. The van der Waals surface area contributed by atoms with Crippen molar-refractivity contribution in [2.75, 3.05) is 13.7 Å². The predicted molar refractivity (Wildman–Crippen MR) is 56.0 cm³/mol. The molecule has 2 rings (SSSR count). The molecule has 4 heteroatoms. The zero-order valence-corrected chi connectivity index (χ0v) is 8.60. The van der Waals surface area contributed by atoms with Gasteiger partial charge in [0.25, 0.3) is 0 Å². The van der Waals surface area contributed by atoms with Gasteiger partial charge in [-0.05, 0) is 30.7 Å². The maximum Gasteiger partial charge on any atom is 0.160 e. The van der Waals surface area contributed by atoms with Crippen LogP contribution in [0.5, 0.6) is 11.5 Å². The quantitative estimate of drug-likeness (QED) is 0.674. The maximum atomic E-state index is 9.71. The van der Waals surface area contributed by atoms with E-state index in [1.807, 2.05) is 0 Å². The largest absolute Gasteiger partial charge is 0.504 e. The lowest BCUT2D eigenvalue weighted by atomic mass is 10.0. The second-order valence-corrected chi connectivity index (χ2v) is 3.72. The van der Waals surface area contributed by atoms with Crippen LogP contribution < -0.4 is 10.1 Å². The zero-order valence-electron chi connectivity index (χ0n) is 8.60. The van der Waals surface area contributed by atoms with E-state index in [-0.39, 0.29) is 17.9 Å². The smallest absolute Gasteiger partial charge is 0.160 e. The van der Waals surface area contributed by atoms with Gasteiger partial charge in [0.2, 0.25) is 0 Å². The van der Waals surface area contributed by atoms with Crippen molar-refractivity contribution in [3.63, 3.8) is 0 Å². The number of hydrogen-bond acceptors (Lipinski definition) is 4. The number of ether oxygens (including phenoxy) is 1. The van der Waals surface area contributed by atoms with Crippen molar-refractivity contribution in [1.82, 2.24) is 5.32 Å². The van der Waals surface area contributed by atoms with E-state index in [2.05, 4.69) is 5.32 Å². The molecule has 15 heavy (non-hydrogen) atoms. The summed E-state index contributed by atoms with van der Waals surface area (Å²) in [4.78, 5) is 0. The first-order valence-corrected chi connectivity index (χ1v) is 5.00. The van der Waals surface area contributed by atoms with Gasteiger partial charge in [-0.2, -0.15) is 0 Å². The van der Waals surface area contributed by atoms with Gasteiger partial charge in [-0.25, -0.2) is 0 Å². The van der Waals surface area contributed by atoms with Crippen molar-refractivity contribution >= 4 is 0 Å². The fourth-order valence-electron chi connectivity index (χ4n) is 1.92. The first-order valence-electron chi connectivity index (χ1n) is 5.00. The Hall–Kier alpha value is -1.26. The molecule has 1 fully saturated rings. The van der Waals surface area contributed by atoms with E-state index < -0.39 is 0 Å². The van der Waals surface area contributed by atoms with Crippen molar-refractivity contribution in [2.45, 2.75) is 18.6 Å². The second-order valence-electron chi connectivity index (χ2n) is 3.72. The number of nitrogens with one attached hydrogen (secondary N) is 1. The minimum atomic E-state index is -0.362. The molecule has 0 unspecified atom stereocenters. The van der Waals surface area contributed by atoms with Gasteiger partial charge in [-0.3, -0.25) is 0 Å². The van der Waals surface area contributed by atoms with Crippen molar-refractivity contribution in [2.24, 2.45) is 0 Å². The summed E-state index contributed by atoms with van der Waals surface area (Å²) in [6.07, 6.45) is 0.396. The summed E-state index contributed by atoms with van der Waals surface area (Å²) >= 11 is 0. The molecule has 3 N–H and O–H groups in total. The number of phenolic OH excluding ortho intramolecular Hbond substituents is 1. The number of phenols is 1. The van der Waals surface area contributed by atoms with E-state index in [4.69, 9.17) is 4.74 Å². The molecule has 1 aliphatic heterocycles. The summed E-state index contributed by atoms with van der Waals surface area (Å²) in [7, 11) is 1.51. The molecular weight excluding hydrogens is 194 g/mol. The van der Waals surface area contributed by atoms with Crippen LogP contribution in [0.25, 0.3) is 0 Å². The first kappa shape index (κ1) is 10.3. The summed E-state index contributed by atoms with van der Waals surface area (Å²) in [5.41, 5.74) is 0.939. The van der Waals surface area contributed by atoms with Gasteiger partial charge in [0.1, 0.15) is 0 Å². The fraction of sp³-hybridized carbons (Fsp3) is 0.455. The van der Waals surface area contributed by atoms with Gasteiger partial charge in [-0.1, -0.05) is 6.07 Å². The topological polar surface area (TPSA) is 61.7 Å². The highest BCUT2D eigenvalue weighted by Crippen LogP contribution is 2.31. The lowest BCUT2D eigenvalue weighted by Crippen LogP contribution is -2.20. The van der Waals surface area contributed by atoms with Crippen LogP contribution in [0, 0.1) is 0 Å². The van der Waals surface area contributed by atoms with Gasteiger partial charge in [0, 0.05) is 0 Å². The van der Waals surface area contributed by atoms with E-state index in [9.17, 15) is 10.2 Å². The van der Waals surface area contributed by atoms with Crippen LogP contribution >= 0.6 is 0 Å². The number of hydrogen-bond donors (Lipinski definition) is 3. The molecule has 2 atom stereocenters. The lowest BCUT2D eigenvalue weighted by molar-refractivity contribution is 0.160. The second kappa shape index (κ2) is 4.08. The Labute approximate surface area is 88.5 Å². The molecular formula is C11H15NO3. The lowest BCUT2D eigenvalue weighted by Gasteiger charge is -2.16. The van der Waals surface area contributed by atoms with Gasteiger partial charge in [0.05, 0.1) is 19.3 Å². The van der Waals surface area contributed by atoms with Crippen LogP contribution in [0.15, 0.2) is 18.2 Å². The highest BCUT2D eigenvalue weighted by Gasteiger charge is 2.26. The minimum Gasteiger partial charge on any atom is -0.504 e. The van der Waals surface area contributed by atoms with Gasteiger partial charge in [0.15, 0.2) is 11.5 Å². The maximum absolute atomic E-state index is 9.71. The minimum absolute atomic E-state index is 0.0560. The number of aromatic hydroxyl groups is 1. The summed E-state index contributed by atoms with van der Waals surface area (Å²) in [6.45, 7) is 0.815. The van der Waals surface area contributed by atoms with Gasteiger partial charge < -0.3 is 20.3 Å². The van der Waals surface area contributed by atoms with Gasteiger partial charge in [-0.15, -0.1) is 0 Å². The third-order valence-corrected chi connectivity index (χ3v) is 2.75. The molecule has 0 radical (unpaired) electrons. The Balaban J connectivity index is 2.28. The summed E-state index contributed by atoms with van der Waals surface area (Å²) in [6, 6.07) is 5.08. The number of aliphatic hydroxyl groups is 1. The number of benzene rings is 1. The third-order valence-electron chi connectivity index (χ3n) is 2.75. The van der Waals surface area contributed by atoms with Crippen LogP contribution in [0.4, 0.5) is 0 Å². The molecule has 0 saturated carbocycles. The molecule has 0 bridgehead atoms. The molecule has 0 aliphatic carbocycles. The molecule has 1 heterocycles. The van der Waals surface area contributed by atoms with Crippen LogP contribution in [0.2, 0.25) is 0 Å². The average molecular weight is 209 g/mol. The van der Waals surface area contributed by atoms with Crippen molar-refractivity contribution < 1.29 is 14.9 Å². The molecule has 82 valence electrons. The van der Waals surface area contributed by atoms with Crippen molar-refractivity contribution in [3.8, 4) is 11.5 Å². The highest BCUT2D eigenvalue weighted by molar-refractivity contribution is 5.43.